The van der Waals surface area contributed by atoms with Crippen molar-refractivity contribution >= 4 is 11.6 Å². The van der Waals surface area contributed by atoms with E-state index in [9.17, 15) is 0 Å². The molecule has 1 N–H and O–H groups in total. The summed E-state index contributed by atoms with van der Waals surface area (Å²) in [5.41, 5.74) is 5.29. The normalized spacial score (nSPS) is 19.8. The summed E-state index contributed by atoms with van der Waals surface area (Å²) in [6.07, 6.45) is 0. The van der Waals surface area contributed by atoms with E-state index in [0.29, 0.717) is 6.61 Å². The van der Waals surface area contributed by atoms with Crippen molar-refractivity contribution < 1.29 is 4.74 Å². The smallest absolute Gasteiger partial charge is 0.0860 e. The Kier molecular flexibility index (Phi) is 4.25. The van der Waals surface area contributed by atoms with Gasteiger partial charge in [-0.15, -0.1) is 0 Å². The molecule has 1 atom stereocenters. The SMILES string of the molecule is Cc1nn(C)c(CN2CCOCC2c2c(C)n[nH]c2C)c1Cl. The Labute approximate surface area is 135 Å². The molecule has 1 aliphatic rings. The molecule has 0 aromatic carbocycles. The van der Waals surface area contributed by atoms with E-state index in [4.69, 9.17) is 16.3 Å². The van der Waals surface area contributed by atoms with Crippen LogP contribution < -0.4 is 0 Å². The number of aryl methyl sites for hydroxylation is 4. The van der Waals surface area contributed by atoms with Gasteiger partial charge in [-0.2, -0.15) is 10.2 Å². The maximum Gasteiger partial charge on any atom is 0.0860 e. The molecule has 1 fully saturated rings. The van der Waals surface area contributed by atoms with Gasteiger partial charge in [-0.05, 0) is 20.8 Å². The average molecular weight is 324 g/mol. The van der Waals surface area contributed by atoms with Gasteiger partial charge in [-0.3, -0.25) is 14.7 Å². The monoisotopic (exact) mass is 323 g/mol. The van der Waals surface area contributed by atoms with E-state index in [1.807, 2.05) is 25.6 Å². The quantitative estimate of drug-likeness (QED) is 0.941. The van der Waals surface area contributed by atoms with E-state index < -0.39 is 0 Å². The molecule has 3 heterocycles. The van der Waals surface area contributed by atoms with Gasteiger partial charge < -0.3 is 4.74 Å². The van der Waals surface area contributed by atoms with E-state index in [-0.39, 0.29) is 6.04 Å². The minimum atomic E-state index is 0.193. The van der Waals surface area contributed by atoms with Crippen molar-refractivity contribution in [1.29, 1.82) is 0 Å². The maximum absolute atomic E-state index is 6.41. The summed E-state index contributed by atoms with van der Waals surface area (Å²) in [5.74, 6) is 0. The second-order valence-corrected chi connectivity index (χ2v) is 6.26. The van der Waals surface area contributed by atoms with Crippen LogP contribution in [0.5, 0.6) is 0 Å². The Balaban J connectivity index is 1.90. The summed E-state index contributed by atoms with van der Waals surface area (Å²) in [6.45, 7) is 9.07. The Morgan fingerprint density at radius 3 is 2.68 bits per heavy atom. The van der Waals surface area contributed by atoms with Crippen LogP contribution in [0.2, 0.25) is 5.02 Å². The molecule has 0 amide bonds. The number of rotatable bonds is 3. The number of morpholine rings is 1. The Morgan fingerprint density at radius 2 is 2.09 bits per heavy atom. The summed E-state index contributed by atoms with van der Waals surface area (Å²) in [7, 11) is 1.94. The van der Waals surface area contributed by atoms with Crippen molar-refractivity contribution in [3.63, 3.8) is 0 Å². The lowest BCUT2D eigenvalue weighted by Crippen LogP contribution is -2.39. The molecule has 1 aliphatic heterocycles. The standard InChI is InChI=1S/C15H22ClN5O/c1-9-14(10(2)18-17-9)13-8-22-6-5-21(13)7-12-15(16)11(3)19-20(12)4/h13H,5-8H2,1-4H3,(H,17,18). The van der Waals surface area contributed by atoms with Gasteiger partial charge in [0.1, 0.15) is 0 Å². The average Bonchev–Trinajstić information content (AvgIpc) is 2.94. The lowest BCUT2D eigenvalue weighted by atomic mass is 10.0. The van der Waals surface area contributed by atoms with Gasteiger partial charge in [-0.1, -0.05) is 11.6 Å². The third kappa shape index (κ3) is 2.66. The summed E-state index contributed by atoms with van der Waals surface area (Å²) >= 11 is 6.41. The van der Waals surface area contributed by atoms with Crippen molar-refractivity contribution in [2.45, 2.75) is 33.4 Å². The molecule has 3 rings (SSSR count). The zero-order valence-electron chi connectivity index (χ0n) is 13.5. The molecule has 2 aromatic heterocycles. The van der Waals surface area contributed by atoms with Crippen molar-refractivity contribution in [2.24, 2.45) is 7.05 Å². The molecule has 22 heavy (non-hydrogen) atoms. The maximum atomic E-state index is 6.41. The second-order valence-electron chi connectivity index (χ2n) is 5.88. The summed E-state index contributed by atoms with van der Waals surface area (Å²) in [5, 5.41) is 12.6. The predicted molar refractivity (Wildman–Crippen MR) is 85.0 cm³/mol. The molecule has 0 spiro atoms. The topological polar surface area (TPSA) is 59.0 Å². The van der Waals surface area contributed by atoms with Crippen molar-refractivity contribution in [3.05, 3.63) is 33.4 Å². The van der Waals surface area contributed by atoms with Crippen LogP contribution in [0.4, 0.5) is 0 Å². The first-order chi connectivity index (χ1) is 10.5. The molecule has 2 aromatic rings. The summed E-state index contributed by atoms with van der Waals surface area (Å²) in [4.78, 5) is 2.40. The first-order valence-electron chi connectivity index (χ1n) is 7.50. The fourth-order valence-corrected chi connectivity index (χ4v) is 3.41. The Bertz CT molecular complexity index is 658. The third-order valence-electron chi connectivity index (χ3n) is 4.37. The number of hydrogen-bond acceptors (Lipinski definition) is 4. The number of ether oxygens (including phenoxy) is 1. The molecule has 7 heteroatoms. The van der Waals surface area contributed by atoms with Gasteiger partial charge in [0.05, 0.1) is 41.4 Å². The van der Waals surface area contributed by atoms with E-state index >= 15 is 0 Å². The van der Waals surface area contributed by atoms with Gasteiger partial charge in [0.15, 0.2) is 0 Å². The Hall–Kier alpha value is -1.37. The number of aromatic amines is 1. The first kappa shape index (κ1) is 15.5. The molecular formula is C15H22ClN5O. The van der Waals surface area contributed by atoms with Crippen LogP contribution in [0.15, 0.2) is 0 Å². The predicted octanol–water partition coefficient (Wildman–Crippen LogP) is 2.30. The van der Waals surface area contributed by atoms with Crippen LogP contribution in [-0.4, -0.2) is 44.6 Å². The van der Waals surface area contributed by atoms with Crippen molar-refractivity contribution in [1.82, 2.24) is 24.9 Å². The third-order valence-corrected chi connectivity index (χ3v) is 4.86. The van der Waals surface area contributed by atoms with E-state index in [1.54, 1.807) is 0 Å². The number of aromatic nitrogens is 4. The fourth-order valence-electron chi connectivity index (χ4n) is 3.19. The first-order valence-corrected chi connectivity index (χ1v) is 7.88. The highest BCUT2D eigenvalue weighted by Gasteiger charge is 2.30. The van der Waals surface area contributed by atoms with Crippen LogP contribution in [0, 0.1) is 20.8 Å². The van der Waals surface area contributed by atoms with E-state index in [2.05, 4.69) is 27.1 Å². The molecule has 1 unspecified atom stereocenters. The Morgan fingerprint density at radius 1 is 1.32 bits per heavy atom. The molecule has 120 valence electrons. The van der Waals surface area contributed by atoms with Crippen LogP contribution >= 0.6 is 11.6 Å². The molecule has 0 bridgehead atoms. The molecule has 0 aliphatic carbocycles. The molecule has 0 saturated carbocycles. The number of halogens is 1. The van der Waals surface area contributed by atoms with Gasteiger partial charge in [0.25, 0.3) is 0 Å². The van der Waals surface area contributed by atoms with E-state index in [0.717, 1.165) is 47.5 Å². The van der Waals surface area contributed by atoms with Crippen LogP contribution in [0.1, 0.15) is 34.4 Å². The van der Waals surface area contributed by atoms with Gasteiger partial charge in [0.2, 0.25) is 0 Å². The van der Waals surface area contributed by atoms with Gasteiger partial charge >= 0.3 is 0 Å². The highest BCUT2D eigenvalue weighted by Crippen LogP contribution is 2.31. The van der Waals surface area contributed by atoms with Gasteiger partial charge in [-0.25, -0.2) is 0 Å². The molecular weight excluding hydrogens is 302 g/mol. The molecule has 1 saturated heterocycles. The second kappa shape index (κ2) is 6.02. The van der Waals surface area contributed by atoms with Gasteiger partial charge in [0, 0.05) is 31.4 Å². The zero-order valence-corrected chi connectivity index (χ0v) is 14.2. The van der Waals surface area contributed by atoms with Crippen LogP contribution in [0.25, 0.3) is 0 Å². The fraction of sp³-hybridized carbons (Fsp3) is 0.600. The number of H-pyrrole nitrogens is 1. The molecule has 6 nitrogen and oxygen atoms in total. The number of nitrogens with zero attached hydrogens (tertiary/aromatic N) is 4. The number of hydrogen-bond donors (Lipinski definition) is 1. The summed E-state index contributed by atoms with van der Waals surface area (Å²) in [6, 6.07) is 0.193. The van der Waals surface area contributed by atoms with Crippen molar-refractivity contribution in [3.8, 4) is 0 Å². The van der Waals surface area contributed by atoms with E-state index in [1.165, 1.54) is 5.56 Å². The zero-order chi connectivity index (χ0) is 15.9. The lowest BCUT2D eigenvalue weighted by molar-refractivity contribution is -0.0141. The van der Waals surface area contributed by atoms with Crippen molar-refractivity contribution in [2.75, 3.05) is 19.8 Å². The number of nitrogens with one attached hydrogen (secondary N) is 1. The minimum Gasteiger partial charge on any atom is -0.378 e. The minimum absolute atomic E-state index is 0.193. The highest BCUT2D eigenvalue weighted by molar-refractivity contribution is 6.31. The lowest BCUT2D eigenvalue weighted by Gasteiger charge is -2.36. The summed E-state index contributed by atoms with van der Waals surface area (Å²) < 4.78 is 7.59. The largest absolute Gasteiger partial charge is 0.378 e. The molecule has 0 radical (unpaired) electrons. The van der Waals surface area contributed by atoms with Crippen LogP contribution in [-0.2, 0) is 18.3 Å². The van der Waals surface area contributed by atoms with Crippen LogP contribution in [0.3, 0.4) is 0 Å². The highest BCUT2D eigenvalue weighted by atomic mass is 35.5.